The van der Waals surface area contributed by atoms with Crippen molar-refractivity contribution >= 4 is 54.2 Å². The molecule has 1 aliphatic heterocycles. The summed E-state index contributed by atoms with van der Waals surface area (Å²) in [5, 5.41) is 1.76. The van der Waals surface area contributed by atoms with Gasteiger partial charge in [0.15, 0.2) is 0 Å². The predicted molar refractivity (Wildman–Crippen MR) is 140 cm³/mol. The van der Waals surface area contributed by atoms with Crippen LogP contribution in [0.15, 0.2) is 76.1 Å². The molecule has 1 atom stereocenters. The van der Waals surface area contributed by atoms with E-state index in [1.54, 1.807) is 42.5 Å². The number of sulfonamides is 1. The molecule has 1 heterocycles. The van der Waals surface area contributed by atoms with Gasteiger partial charge < -0.3 is 0 Å². The van der Waals surface area contributed by atoms with E-state index in [9.17, 15) is 18.0 Å². The number of carbonyl (C=O) groups excluding carboxylic acids is 2. The first-order chi connectivity index (χ1) is 16.9. The molecule has 1 aliphatic carbocycles. The molecule has 2 fully saturated rings. The minimum atomic E-state index is -4.03. The zero-order valence-electron chi connectivity index (χ0n) is 19.3. The number of nitrogens with zero attached hydrogens (tertiary/aromatic N) is 2. The van der Waals surface area contributed by atoms with Gasteiger partial charge in [0.2, 0.25) is 15.9 Å². The quantitative estimate of drug-likeness (QED) is 0.301. The van der Waals surface area contributed by atoms with Gasteiger partial charge in [0, 0.05) is 10.5 Å². The molecule has 35 heavy (non-hydrogen) atoms. The average molecular weight is 555 g/mol. The standard InChI is InChI=1S/C27H27BrN2O4S/c28-21-12-14-22(15-13-21)29-26(31)18-25(27(29)32)30(23-9-3-1-2-4-10-23)35(33,34)24-16-11-19-7-5-6-8-20(19)17-24/h5-8,11-17,23,25H,1-4,9-10,18H2. The van der Waals surface area contributed by atoms with Crippen LogP contribution in [0.2, 0.25) is 0 Å². The molecule has 1 unspecified atom stereocenters. The molecule has 2 aliphatic rings. The largest absolute Gasteiger partial charge is 0.274 e. The Morgan fingerprint density at radius 2 is 1.49 bits per heavy atom. The van der Waals surface area contributed by atoms with E-state index < -0.39 is 22.0 Å². The third kappa shape index (κ3) is 4.67. The van der Waals surface area contributed by atoms with Crippen LogP contribution < -0.4 is 4.90 Å². The number of fused-ring (bicyclic) bond motifs is 1. The summed E-state index contributed by atoms with van der Waals surface area (Å²) >= 11 is 3.37. The Labute approximate surface area is 214 Å². The number of rotatable bonds is 5. The number of anilines is 1. The van der Waals surface area contributed by atoms with Gasteiger partial charge in [-0.2, -0.15) is 4.31 Å². The van der Waals surface area contributed by atoms with E-state index in [1.807, 2.05) is 24.3 Å². The van der Waals surface area contributed by atoms with Crippen molar-refractivity contribution in [2.45, 2.75) is 61.9 Å². The van der Waals surface area contributed by atoms with Crippen molar-refractivity contribution in [1.29, 1.82) is 0 Å². The zero-order valence-corrected chi connectivity index (χ0v) is 21.7. The number of hydrogen-bond acceptors (Lipinski definition) is 4. The second-order valence-electron chi connectivity index (χ2n) is 9.25. The predicted octanol–water partition coefficient (Wildman–Crippen LogP) is 5.65. The van der Waals surface area contributed by atoms with Gasteiger partial charge in [-0.15, -0.1) is 0 Å². The van der Waals surface area contributed by atoms with Crippen molar-refractivity contribution in [2.75, 3.05) is 4.90 Å². The molecule has 0 spiro atoms. The van der Waals surface area contributed by atoms with Gasteiger partial charge in [0.1, 0.15) is 6.04 Å². The van der Waals surface area contributed by atoms with Crippen LogP contribution in [0.5, 0.6) is 0 Å². The van der Waals surface area contributed by atoms with Crippen LogP contribution in [0.4, 0.5) is 5.69 Å². The highest BCUT2D eigenvalue weighted by molar-refractivity contribution is 9.10. The SMILES string of the molecule is O=C1CC(N(C2CCCCCC2)S(=O)(=O)c2ccc3ccccc3c2)C(=O)N1c1ccc(Br)cc1. The second kappa shape index (κ2) is 9.84. The molecule has 3 aromatic carbocycles. The van der Waals surface area contributed by atoms with Crippen LogP contribution in [-0.4, -0.2) is 36.6 Å². The molecule has 182 valence electrons. The molecule has 0 radical (unpaired) electrons. The van der Waals surface area contributed by atoms with Gasteiger partial charge in [0.25, 0.3) is 5.91 Å². The summed E-state index contributed by atoms with van der Waals surface area (Å²) in [5.41, 5.74) is 0.453. The van der Waals surface area contributed by atoms with Crippen LogP contribution in [0, 0.1) is 0 Å². The van der Waals surface area contributed by atoms with Gasteiger partial charge in [-0.1, -0.05) is 71.9 Å². The molecule has 5 rings (SSSR count). The molecule has 8 heteroatoms. The van der Waals surface area contributed by atoms with Crippen molar-refractivity contribution in [2.24, 2.45) is 0 Å². The van der Waals surface area contributed by atoms with E-state index in [4.69, 9.17) is 0 Å². The molecule has 2 amide bonds. The molecule has 0 bridgehead atoms. The van der Waals surface area contributed by atoms with E-state index in [0.717, 1.165) is 45.8 Å². The summed E-state index contributed by atoms with van der Waals surface area (Å²) in [6.07, 6.45) is 5.11. The van der Waals surface area contributed by atoms with Gasteiger partial charge in [-0.25, -0.2) is 13.3 Å². The Morgan fingerprint density at radius 3 is 2.17 bits per heavy atom. The average Bonchev–Trinajstić information content (AvgIpc) is 3.01. The molecular weight excluding hydrogens is 528 g/mol. The van der Waals surface area contributed by atoms with Gasteiger partial charge in [-0.3, -0.25) is 9.59 Å². The zero-order chi connectivity index (χ0) is 24.6. The molecule has 3 aromatic rings. The number of halogens is 1. The number of benzene rings is 3. The summed E-state index contributed by atoms with van der Waals surface area (Å²) in [7, 11) is -4.03. The number of imide groups is 1. The van der Waals surface area contributed by atoms with Crippen molar-refractivity contribution in [3.05, 3.63) is 71.2 Å². The van der Waals surface area contributed by atoms with E-state index in [-0.39, 0.29) is 23.3 Å². The van der Waals surface area contributed by atoms with E-state index in [2.05, 4.69) is 15.9 Å². The molecular formula is C27H27BrN2O4S. The van der Waals surface area contributed by atoms with Crippen molar-refractivity contribution < 1.29 is 18.0 Å². The molecule has 0 N–H and O–H groups in total. The summed E-state index contributed by atoms with van der Waals surface area (Å²) in [4.78, 5) is 28.0. The Balaban J connectivity index is 1.57. The summed E-state index contributed by atoms with van der Waals surface area (Å²) in [6, 6.07) is 18.2. The number of amides is 2. The lowest BCUT2D eigenvalue weighted by molar-refractivity contribution is -0.122. The lowest BCUT2D eigenvalue weighted by Gasteiger charge is -2.34. The Kier molecular flexibility index (Phi) is 6.79. The topological polar surface area (TPSA) is 74.8 Å². The first-order valence-electron chi connectivity index (χ1n) is 12.0. The summed E-state index contributed by atoms with van der Waals surface area (Å²) in [5.74, 6) is -0.861. The highest BCUT2D eigenvalue weighted by Gasteiger charge is 2.49. The van der Waals surface area contributed by atoms with Crippen LogP contribution in [0.3, 0.4) is 0 Å². The minimum absolute atomic E-state index is 0.155. The van der Waals surface area contributed by atoms with Gasteiger partial charge >= 0.3 is 0 Å². The highest BCUT2D eigenvalue weighted by atomic mass is 79.9. The maximum atomic E-state index is 14.2. The lowest BCUT2D eigenvalue weighted by atomic mass is 10.1. The Bertz CT molecular complexity index is 1370. The molecule has 1 saturated heterocycles. The maximum Gasteiger partial charge on any atom is 0.252 e. The summed E-state index contributed by atoms with van der Waals surface area (Å²) in [6.45, 7) is 0. The fourth-order valence-electron chi connectivity index (χ4n) is 5.26. The Morgan fingerprint density at radius 1 is 0.829 bits per heavy atom. The fourth-order valence-corrected chi connectivity index (χ4v) is 7.38. The smallest absolute Gasteiger partial charge is 0.252 e. The monoisotopic (exact) mass is 554 g/mol. The lowest BCUT2D eigenvalue weighted by Crippen LogP contribution is -2.50. The maximum absolute atomic E-state index is 14.2. The van der Waals surface area contributed by atoms with Gasteiger partial charge in [-0.05, 0) is 60.0 Å². The highest BCUT2D eigenvalue weighted by Crippen LogP contribution is 2.35. The fraction of sp³-hybridized carbons (Fsp3) is 0.333. The van der Waals surface area contributed by atoms with Gasteiger partial charge in [0.05, 0.1) is 17.0 Å². The van der Waals surface area contributed by atoms with Crippen LogP contribution in [0.25, 0.3) is 10.8 Å². The van der Waals surface area contributed by atoms with E-state index >= 15 is 0 Å². The number of carbonyl (C=O) groups is 2. The molecule has 1 saturated carbocycles. The van der Waals surface area contributed by atoms with Crippen LogP contribution >= 0.6 is 15.9 Å². The number of hydrogen-bond donors (Lipinski definition) is 0. The second-order valence-corrected chi connectivity index (χ2v) is 12.0. The summed E-state index contributed by atoms with van der Waals surface area (Å²) < 4.78 is 30.5. The third-order valence-electron chi connectivity index (χ3n) is 7.00. The van der Waals surface area contributed by atoms with Crippen molar-refractivity contribution in [3.8, 4) is 0 Å². The first-order valence-corrected chi connectivity index (χ1v) is 14.2. The van der Waals surface area contributed by atoms with Crippen LogP contribution in [-0.2, 0) is 19.6 Å². The van der Waals surface area contributed by atoms with E-state index in [0.29, 0.717) is 18.5 Å². The first kappa shape index (κ1) is 24.2. The molecule has 6 nitrogen and oxygen atoms in total. The minimum Gasteiger partial charge on any atom is -0.274 e. The van der Waals surface area contributed by atoms with Crippen molar-refractivity contribution in [1.82, 2.24) is 4.31 Å². The third-order valence-corrected chi connectivity index (χ3v) is 9.48. The normalized spacial score (nSPS) is 20.1. The van der Waals surface area contributed by atoms with E-state index in [1.165, 1.54) is 4.31 Å². The Hall–Kier alpha value is -2.55. The van der Waals surface area contributed by atoms with Crippen molar-refractivity contribution in [3.63, 3.8) is 0 Å². The molecule has 0 aromatic heterocycles. The van der Waals surface area contributed by atoms with Crippen LogP contribution in [0.1, 0.15) is 44.9 Å².